The molecule has 1 heterocycles. The van der Waals surface area contributed by atoms with E-state index in [1.807, 2.05) is 60.9 Å². The maximum Gasteiger partial charge on any atom is 0.192 e. The fraction of sp³-hybridized carbons (Fsp3) is 0.364. The molecule has 0 atom stereocenters. The van der Waals surface area contributed by atoms with Crippen LogP contribution in [-0.2, 0) is 11.2 Å². The fourth-order valence-corrected chi connectivity index (χ4v) is 3.61. The van der Waals surface area contributed by atoms with Crippen molar-refractivity contribution in [3.63, 3.8) is 0 Å². The van der Waals surface area contributed by atoms with Gasteiger partial charge >= 0.3 is 0 Å². The Morgan fingerprint density at radius 3 is 2.44 bits per heavy atom. The number of carbonyl (C=O) groups is 1. The van der Waals surface area contributed by atoms with Crippen molar-refractivity contribution in [1.29, 1.82) is 0 Å². The first kappa shape index (κ1) is 19.6. The number of nitrogens with zero attached hydrogens (tertiary/aromatic N) is 2. The highest BCUT2D eigenvalue weighted by molar-refractivity contribution is 8.15. The van der Waals surface area contributed by atoms with Crippen molar-refractivity contribution in [1.82, 2.24) is 4.90 Å². The molecule has 2 aromatic rings. The van der Waals surface area contributed by atoms with Gasteiger partial charge in [0.05, 0.1) is 5.69 Å². The second kappa shape index (κ2) is 10.3. The van der Waals surface area contributed by atoms with E-state index in [-0.39, 0.29) is 5.78 Å². The summed E-state index contributed by atoms with van der Waals surface area (Å²) >= 11 is 1.39. The van der Waals surface area contributed by atoms with Crippen molar-refractivity contribution in [3.05, 3.63) is 60.2 Å². The van der Waals surface area contributed by atoms with E-state index >= 15 is 0 Å². The van der Waals surface area contributed by atoms with Gasteiger partial charge in [0.15, 0.2) is 5.78 Å². The number of hydrogen-bond acceptors (Lipinski definition) is 5. The van der Waals surface area contributed by atoms with Gasteiger partial charge in [-0.1, -0.05) is 30.3 Å². The summed E-state index contributed by atoms with van der Waals surface area (Å²) in [6.45, 7) is 4.05. The van der Waals surface area contributed by atoms with Gasteiger partial charge in [0.2, 0.25) is 0 Å². The summed E-state index contributed by atoms with van der Waals surface area (Å²) in [7, 11) is 0. The molecule has 1 fully saturated rings. The molecule has 0 saturated carbocycles. The lowest BCUT2D eigenvalue weighted by Gasteiger charge is -2.14. The SMILES string of the molecule is CSC(=Nc1ccc(OCCN2CCCC2)cc1)C(=O)Cc1ccccc1. The minimum Gasteiger partial charge on any atom is -0.492 e. The molecule has 0 bridgehead atoms. The molecule has 1 saturated heterocycles. The third kappa shape index (κ3) is 6.22. The number of hydrogen-bond donors (Lipinski definition) is 0. The first-order valence-electron chi connectivity index (χ1n) is 9.39. The summed E-state index contributed by atoms with van der Waals surface area (Å²) in [5, 5.41) is 0.529. The van der Waals surface area contributed by atoms with Gasteiger partial charge in [-0.15, -0.1) is 11.8 Å². The third-order valence-electron chi connectivity index (χ3n) is 4.58. The van der Waals surface area contributed by atoms with Crippen LogP contribution in [0.2, 0.25) is 0 Å². The van der Waals surface area contributed by atoms with Crippen LogP contribution in [0.3, 0.4) is 0 Å². The van der Waals surface area contributed by atoms with Crippen LogP contribution in [0, 0.1) is 0 Å². The van der Waals surface area contributed by atoms with Gasteiger partial charge in [-0.25, -0.2) is 4.99 Å². The molecule has 27 heavy (non-hydrogen) atoms. The van der Waals surface area contributed by atoms with E-state index in [0.717, 1.165) is 23.5 Å². The zero-order valence-corrected chi connectivity index (χ0v) is 16.6. The number of ketones is 1. The van der Waals surface area contributed by atoms with Gasteiger partial charge in [-0.05, 0) is 62.0 Å². The molecule has 1 aliphatic heterocycles. The quantitative estimate of drug-likeness (QED) is 0.502. The summed E-state index contributed by atoms with van der Waals surface area (Å²) in [6, 6.07) is 17.4. The number of ether oxygens (including phenoxy) is 1. The lowest BCUT2D eigenvalue weighted by Crippen LogP contribution is -2.25. The monoisotopic (exact) mass is 382 g/mol. The molecule has 0 radical (unpaired) electrons. The lowest BCUT2D eigenvalue weighted by atomic mass is 10.1. The predicted octanol–water partition coefficient (Wildman–Crippen LogP) is 4.37. The first-order valence-corrected chi connectivity index (χ1v) is 10.6. The summed E-state index contributed by atoms with van der Waals surface area (Å²) in [5.74, 6) is 0.883. The summed E-state index contributed by atoms with van der Waals surface area (Å²) in [5.41, 5.74) is 1.78. The molecule has 1 aliphatic rings. The minimum atomic E-state index is 0.0413. The smallest absolute Gasteiger partial charge is 0.192 e. The van der Waals surface area contributed by atoms with E-state index in [2.05, 4.69) is 9.89 Å². The molecule has 0 aromatic heterocycles. The number of thioether (sulfide) groups is 1. The standard InChI is InChI=1S/C22H26N2O2S/c1-27-22(21(25)17-18-7-3-2-4-8-18)23-19-9-11-20(12-10-19)26-16-15-24-13-5-6-14-24/h2-4,7-12H,5-6,13-17H2,1H3. The number of rotatable bonds is 8. The lowest BCUT2D eigenvalue weighted by molar-refractivity contribution is -0.112. The fourth-order valence-electron chi connectivity index (χ4n) is 3.11. The maximum atomic E-state index is 12.5. The average Bonchev–Trinajstić information content (AvgIpc) is 3.21. The highest BCUT2D eigenvalue weighted by atomic mass is 32.2. The van der Waals surface area contributed by atoms with Crippen molar-refractivity contribution in [3.8, 4) is 5.75 Å². The number of aliphatic imine (C=N–C) groups is 1. The molecule has 0 aliphatic carbocycles. The number of Topliss-reactive ketones (excluding diaryl/α,β-unsaturated/α-hetero) is 1. The third-order valence-corrected chi connectivity index (χ3v) is 5.29. The molecule has 2 aromatic carbocycles. The van der Waals surface area contributed by atoms with Crippen LogP contribution < -0.4 is 4.74 Å². The van der Waals surface area contributed by atoms with Crippen LogP contribution in [0.25, 0.3) is 0 Å². The van der Waals surface area contributed by atoms with Crippen LogP contribution in [0.15, 0.2) is 59.6 Å². The zero-order valence-electron chi connectivity index (χ0n) is 15.8. The van der Waals surface area contributed by atoms with E-state index in [9.17, 15) is 4.79 Å². The van der Waals surface area contributed by atoms with Crippen molar-refractivity contribution >= 4 is 28.3 Å². The topological polar surface area (TPSA) is 41.9 Å². The van der Waals surface area contributed by atoms with E-state index in [1.165, 1.54) is 37.7 Å². The molecule has 3 rings (SSSR count). The van der Waals surface area contributed by atoms with E-state index in [4.69, 9.17) is 4.74 Å². The highest BCUT2D eigenvalue weighted by Crippen LogP contribution is 2.20. The molecule has 5 heteroatoms. The van der Waals surface area contributed by atoms with Gasteiger partial charge in [0.25, 0.3) is 0 Å². The molecular formula is C22H26N2O2S. The summed E-state index contributed by atoms with van der Waals surface area (Å²) in [6.07, 6.45) is 4.86. The highest BCUT2D eigenvalue weighted by Gasteiger charge is 2.12. The van der Waals surface area contributed by atoms with Gasteiger partial charge in [-0.3, -0.25) is 9.69 Å². The second-order valence-electron chi connectivity index (χ2n) is 6.60. The normalized spacial score (nSPS) is 15.1. The average molecular weight is 383 g/mol. The van der Waals surface area contributed by atoms with Gasteiger partial charge in [-0.2, -0.15) is 0 Å². The van der Waals surface area contributed by atoms with E-state index in [1.54, 1.807) is 0 Å². The Bertz CT molecular complexity index is 754. The summed E-state index contributed by atoms with van der Waals surface area (Å²) in [4.78, 5) is 19.5. The van der Waals surface area contributed by atoms with Crippen LogP contribution in [0.5, 0.6) is 5.75 Å². The van der Waals surface area contributed by atoms with Gasteiger partial charge < -0.3 is 4.74 Å². The zero-order chi connectivity index (χ0) is 18.9. The molecule has 0 amide bonds. The molecule has 142 valence electrons. The minimum absolute atomic E-state index is 0.0413. The predicted molar refractivity (Wildman–Crippen MR) is 113 cm³/mol. The van der Waals surface area contributed by atoms with Gasteiger partial charge in [0.1, 0.15) is 17.4 Å². The molecule has 0 unspecified atom stereocenters. The molecule has 4 nitrogen and oxygen atoms in total. The van der Waals surface area contributed by atoms with Crippen LogP contribution >= 0.6 is 11.8 Å². The molecule has 0 N–H and O–H groups in total. The van der Waals surface area contributed by atoms with Crippen molar-refractivity contribution in [2.45, 2.75) is 19.3 Å². The Balaban J connectivity index is 1.54. The Labute approximate surface area is 165 Å². The van der Waals surface area contributed by atoms with Crippen LogP contribution in [0.1, 0.15) is 18.4 Å². The molecule has 0 spiro atoms. The van der Waals surface area contributed by atoms with Crippen molar-refractivity contribution in [2.24, 2.45) is 4.99 Å². The van der Waals surface area contributed by atoms with E-state index < -0.39 is 0 Å². The number of carbonyl (C=O) groups excluding carboxylic acids is 1. The second-order valence-corrected chi connectivity index (χ2v) is 7.39. The van der Waals surface area contributed by atoms with Gasteiger partial charge in [0, 0.05) is 13.0 Å². The largest absolute Gasteiger partial charge is 0.492 e. The van der Waals surface area contributed by atoms with Crippen LogP contribution in [-0.4, -0.2) is 48.2 Å². The molecular weight excluding hydrogens is 356 g/mol. The Kier molecular flexibility index (Phi) is 7.48. The number of benzene rings is 2. The van der Waals surface area contributed by atoms with Crippen molar-refractivity contribution in [2.75, 3.05) is 32.5 Å². The Morgan fingerprint density at radius 1 is 1.07 bits per heavy atom. The number of likely N-dealkylation sites (tertiary alicyclic amines) is 1. The van der Waals surface area contributed by atoms with E-state index in [0.29, 0.717) is 18.1 Å². The van der Waals surface area contributed by atoms with Crippen LogP contribution in [0.4, 0.5) is 5.69 Å². The van der Waals surface area contributed by atoms with Crippen molar-refractivity contribution < 1.29 is 9.53 Å². The Hall–Kier alpha value is -2.11. The Morgan fingerprint density at radius 2 is 1.78 bits per heavy atom. The maximum absolute atomic E-state index is 12.5. The summed E-state index contributed by atoms with van der Waals surface area (Å²) < 4.78 is 5.82. The first-order chi connectivity index (χ1) is 13.2.